The second-order valence-corrected chi connectivity index (χ2v) is 5.62. The molecule has 0 bridgehead atoms. The molecule has 1 aromatic heterocycles. The Hall–Kier alpha value is -2.03. The minimum absolute atomic E-state index is 0.131. The summed E-state index contributed by atoms with van der Waals surface area (Å²) in [6, 6.07) is 10.3. The summed E-state index contributed by atoms with van der Waals surface area (Å²) in [7, 11) is 0. The van der Waals surface area contributed by atoms with Gasteiger partial charge in [0.1, 0.15) is 0 Å². The molecule has 2 aromatic rings. The van der Waals surface area contributed by atoms with Crippen molar-refractivity contribution in [3.63, 3.8) is 0 Å². The van der Waals surface area contributed by atoms with E-state index in [9.17, 15) is 4.79 Å². The molecular formula is C17H20N2O. The molecular weight excluding hydrogens is 248 g/mol. The van der Waals surface area contributed by atoms with Crippen molar-refractivity contribution < 1.29 is 4.79 Å². The lowest BCUT2D eigenvalue weighted by atomic mass is 10.0. The highest BCUT2D eigenvalue weighted by molar-refractivity contribution is 5.96. The van der Waals surface area contributed by atoms with Gasteiger partial charge in [0, 0.05) is 30.5 Å². The van der Waals surface area contributed by atoms with Gasteiger partial charge in [0.05, 0.1) is 6.04 Å². The number of hydrogen-bond donors (Lipinski definition) is 0. The molecule has 1 atom stereocenters. The van der Waals surface area contributed by atoms with Crippen LogP contribution in [0.1, 0.15) is 40.1 Å². The third kappa shape index (κ3) is 2.03. The van der Waals surface area contributed by atoms with E-state index in [1.54, 1.807) is 0 Å². The van der Waals surface area contributed by atoms with Gasteiger partial charge in [-0.15, -0.1) is 0 Å². The number of carbonyl (C=O) groups excluding carboxylic acids is 1. The van der Waals surface area contributed by atoms with Gasteiger partial charge in [-0.2, -0.15) is 0 Å². The van der Waals surface area contributed by atoms with Gasteiger partial charge in [-0.05, 0) is 44.5 Å². The highest BCUT2D eigenvalue weighted by atomic mass is 16.2. The molecule has 104 valence electrons. The zero-order valence-electron chi connectivity index (χ0n) is 12.3. The van der Waals surface area contributed by atoms with Crippen molar-refractivity contribution in [2.75, 3.05) is 6.54 Å². The van der Waals surface area contributed by atoms with Gasteiger partial charge in [0.25, 0.3) is 5.91 Å². The Bertz CT molecular complexity index is 657. The van der Waals surface area contributed by atoms with Crippen molar-refractivity contribution in [2.45, 2.75) is 33.4 Å². The molecule has 3 rings (SSSR count). The molecule has 0 saturated heterocycles. The van der Waals surface area contributed by atoms with Gasteiger partial charge in [0.15, 0.2) is 0 Å². The fourth-order valence-corrected chi connectivity index (χ4v) is 3.06. The van der Waals surface area contributed by atoms with Gasteiger partial charge in [-0.1, -0.05) is 17.7 Å². The quantitative estimate of drug-likeness (QED) is 0.779. The maximum Gasteiger partial charge on any atom is 0.254 e. The van der Waals surface area contributed by atoms with E-state index >= 15 is 0 Å². The number of rotatable bonds is 1. The van der Waals surface area contributed by atoms with E-state index in [4.69, 9.17) is 0 Å². The SMILES string of the molecule is Cc1ccc(C(=O)N2CCn3cccc3[C@@H]2C)c(C)c1. The van der Waals surface area contributed by atoms with Crippen molar-refractivity contribution in [1.82, 2.24) is 9.47 Å². The minimum atomic E-state index is 0.131. The first-order valence-electron chi connectivity index (χ1n) is 7.11. The smallest absolute Gasteiger partial charge is 0.254 e. The number of nitrogens with zero attached hydrogens (tertiary/aromatic N) is 2. The van der Waals surface area contributed by atoms with Crippen LogP contribution in [0.3, 0.4) is 0 Å². The second kappa shape index (κ2) is 4.82. The molecule has 0 unspecified atom stereocenters. The maximum absolute atomic E-state index is 12.8. The van der Waals surface area contributed by atoms with Gasteiger partial charge in [-0.3, -0.25) is 4.79 Å². The zero-order valence-corrected chi connectivity index (χ0v) is 12.3. The average molecular weight is 268 g/mol. The maximum atomic E-state index is 12.8. The highest BCUT2D eigenvalue weighted by Crippen LogP contribution is 2.27. The number of hydrogen-bond acceptors (Lipinski definition) is 1. The van der Waals surface area contributed by atoms with Crippen molar-refractivity contribution in [2.24, 2.45) is 0 Å². The van der Waals surface area contributed by atoms with Crippen LogP contribution in [0.5, 0.6) is 0 Å². The first kappa shape index (κ1) is 13.0. The Labute approximate surface area is 119 Å². The summed E-state index contributed by atoms with van der Waals surface area (Å²) >= 11 is 0. The molecule has 1 aromatic carbocycles. The molecule has 0 spiro atoms. The standard InChI is InChI=1S/C17H20N2O/c1-12-6-7-15(13(2)11-12)17(20)19-10-9-18-8-4-5-16(18)14(19)3/h4-8,11,14H,9-10H2,1-3H3/t14-/m0/s1. The lowest BCUT2D eigenvalue weighted by Gasteiger charge is -2.35. The van der Waals surface area contributed by atoms with E-state index in [0.717, 1.165) is 24.2 Å². The van der Waals surface area contributed by atoms with Crippen LogP contribution in [-0.4, -0.2) is 21.9 Å². The fourth-order valence-electron chi connectivity index (χ4n) is 3.06. The van der Waals surface area contributed by atoms with E-state index < -0.39 is 0 Å². The van der Waals surface area contributed by atoms with E-state index in [-0.39, 0.29) is 11.9 Å². The Kier molecular flexibility index (Phi) is 3.13. The lowest BCUT2D eigenvalue weighted by molar-refractivity contribution is 0.0643. The predicted octanol–water partition coefficient (Wildman–Crippen LogP) is 3.32. The molecule has 0 N–H and O–H groups in total. The van der Waals surface area contributed by atoms with Gasteiger partial charge in [0.2, 0.25) is 0 Å². The molecule has 0 radical (unpaired) electrons. The van der Waals surface area contributed by atoms with Crippen molar-refractivity contribution >= 4 is 5.91 Å². The molecule has 20 heavy (non-hydrogen) atoms. The Morgan fingerprint density at radius 3 is 2.75 bits per heavy atom. The topological polar surface area (TPSA) is 25.2 Å². The van der Waals surface area contributed by atoms with Crippen LogP contribution >= 0.6 is 0 Å². The van der Waals surface area contributed by atoms with Gasteiger partial charge in [-0.25, -0.2) is 0 Å². The first-order valence-corrected chi connectivity index (χ1v) is 7.11. The molecule has 1 aliphatic heterocycles. The van der Waals surface area contributed by atoms with E-state index in [1.807, 2.05) is 24.0 Å². The Balaban J connectivity index is 1.92. The normalized spacial score (nSPS) is 17.9. The average Bonchev–Trinajstić information content (AvgIpc) is 2.87. The molecule has 1 aliphatic rings. The van der Waals surface area contributed by atoms with Crippen LogP contribution in [0, 0.1) is 13.8 Å². The Morgan fingerprint density at radius 1 is 1.20 bits per heavy atom. The third-order valence-corrected chi connectivity index (χ3v) is 4.22. The number of aromatic nitrogens is 1. The Morgan fingerprint density at radius 2 is 2.00 bits per heavy atom. The highest BCUT2D eigenvalue weighted by Gasteiger charge is 2.28. The van der Waals surface area contributed by atoms with Crippen LogP contribution in [0.25, 0.3) is 0 Å². The summed E-state index contributed by atoms with van der Waals surface area (Å²) < 4.78 is 2.23. The molecule has 1 amide bonds. The molecule has 3 nitrogen and oxygen atoms in total. The number of fused-ring (bicyclic) bond motifs is 1. The predicted molar refractivity (Wildman–Crippen MR) is 79.8 cm³/mol. The summed E-state index contributed by atoms with van der Waals surface area (Å²) in [4.78, 5) is 14.8. The summed E-state index contributed by atoms with van der Waals surface area (Å²) in [5, 5.41) is 0. The minimum Gasteiger partial charge on any atom is -0.348 e. The van der Waals surface area contributed by atoms with Crippen molar-refractivity contribution in [3.05, 3.63) is 58.9 Å². The van der Waals surface area contributed by atoms with E-state index in [0.29, 0.717) is 0 Å². The van der Waals surface area contributed by atoms with E-state index in [1.165, 1.54) is 11.3 Å². The van der Waals surface area contributed by atoms with Gasteiger partial charge < -0.3 is 9.47 Å². The summed E-state index contributed by atoms with van der Waals surface area (Å²) in [5.74, 6) is 0.141. The number of aryl methyl sites for hydroxylation is 2. The van der Waals surface area contributed by atoms with Crippen molar-refractivity contribution in [3.8, 4) is 0 Å². The fraction of sp³-hybridized carbons (Fsp3) is 0.353. The summed E-state index contributed by atoms with van der Waals surface area (Å²) in [5.41, 5.74) is 4.29. The van der Waals surface area contributed by atoms with Crippen LogP contribution in [0.15, 0.2) is 36.5 Å². The molecule has 0 fully saturated rings. The second-order valence-electron chi connectivity index (χ2n) is 5.62. The van der Waals surface area contributed by atoms with Crippen LogP contribution < -0.4 is 0 Å². The first-order chi connectivity index (χ1) is 9.58. The summed E-state index contributed by atoms with van der Waals surface area (Å²) in [6.07, 6.45) is 2.09. The summed E-state index contributed by atoms with van der Waals surface area (Å²) in [6.45, 7) is 7.82. The van der Waals surface area contributed by atoms with Crippen LogP contribution in [-0.2, 0) is 6.54 Å². The number of benzene rings is 1. The van der Waals surface area contributed by atoms with Crippen LogP contribution in [0.4, 0.5) is 0 Å². The van der Waals surface area contributed by atoms with Gasteiger partial charge >= 0.3 is 0 Å². The molecule has 0 saturated carbocycles. The van der Waals surface area contributed by atoms with Crippen molar-refractivity contribution in [1.29, 1.82) is 0 Å². The molecule has 2 heterocycles. The molecule has 3 heteroatoms. The largest absolute Gasteiger partial charge is 0.348 e. The number of carbonyl (C=O) groups is 1. The third-order valence-electron chi connectivity index (χ3n) is 4.22. The number of amides is 1. The molecule has 0 aliphatic carbocycles. The zero-order chi connectivity index (χ0) is 14.3. The van der Waals surface area contributed by atoms with Crippen LogP contribution in [0.2, 0.25) is 0 Å². The van der Waals surface area contributed by atoms with E-state index in [2.05, 4.69) is 42.8 Å². The monoisotopic (exact) mass is 268 g/mol. The lowest BCUT2D eigenvalue weighted by Crippen LogP contribution is -2.40.